The lowest BCUT2D eigenvalue weighted by Gasteiger charge is -2.19. The van der Waals surface area contributed by atoms with Gasteiger partial charge in [-0.05, 0) is 35.7 Å². The van der Waals surface area contributed by atoms with Gasteiger partial charge in [0.05, 0.1) is 0 Å². The fraction of sp³-hybridized carbons (Fsp3) is 0.389. The van der Waals surface area contributed by atoms with Gasteiger partial charge in [-0.3, -0.25) is 4.79 Å². The minimum Gasteiger partial charge on any atom is -0.341 e. The third-order valence-corrected chi connectivity index (χ3v) is 4.13. The van der Waals surface area contributed by atoms with Crippen molar-refractivity contribution in [3.63, 3.8) is 0 Å². The lowest BCUT2D eigenvalue weighted by molar-refractivity contribution is -0.130. The van der Waals surface area contributed by atoms with E-state index in [-0.39, 0.29) is 18.3 Å². The van der Waals surface area contributed by atoms with Gasteiger partial charge < -0.3 is 10.2 Å². The highest BCUT2D eigenvalue weighted by Gasteiger charge is 2.14. The lowest BCUT2D eigenvalue weighted by Crippen LogP contribution is -2.34. The van der Waals surface area contributed by atoms with E-state index in [9.17, 15) is 4.79 Å². The molecule has 3 nitrogen and oxygen atoms in total. The van der Waals surface area contributed by atoms with Crippen molar-refractivity contribution in [2.75, 3.05) is 26.2 Å². The van der Waals surface area contributed by atoms with Gasteiger partial charge in [0.2, 0.25) is 5.91 Å². The Labute approximate surface area is 138 Å². The maximum Gasteiger partial charge on any atom is 0.222 e. The molecule has 1 aliphatic heterocycles. The van der Waals surface area contributed by atoms with E-state index in [0.717, 1.165) is 39.0 Å². The van der Waals surface area contributed by atoms with E-state index in [2.05, 4.69) is 47.8 Å². The van der Waals surface area contributed by atoms with Gasteiger partial charge in [-0.15, -0.1) is 12.4 Å². The topological polar surface area (TPSA) is 32.3 Å². The van der Waals surface area contributed by atoms with Gasteiger partial charge in [-0.25, -0.2) is 0 Å². The van der Waals surface area contributed by atoms with Gasteiger partial charge in [0.15, 0.2) is 0 Å². The first-order valence-corrected chi connectivity index (χ1v) is 7.79. The van der Waals surface area contributed by atoms with E-state index in [1.54, 1.807) is 0 Å². The van der Waals surface area contributed by atoms with Crippen molar-refractivity contribution in [2.45, 2.75) is 19.3 Å². The van der Waals surface area contributed by atoms with Crippen LogP contribution in [-0.2, 0) is 11.2 Å². The van der Waals surface area contributed by atoms with Crippen molar-refractivity contribution in [3.8, 4) is 0 Å². The van der Waals surface area contributed by atoms with Crippen molar-refractivity contribution < 1.29 is 4.79 Å². The maximum absolute atomic E-state index is 12.3. The molecule has 0 aromatic heterocycles. The molecular formula is C18H23ClN2O. The molecule has 4 heteroatoms. The molecule has 1 amide bonds. The van der Waals surface area contributed by atoms with Crippen molar-refractivity contribution in [1.29, 1.82) is 0 Å². The monoisotopic (exact) mass is 318 g/mol. The molecular weight excluding hydrogens is 296 g/mol. The fourth-order valence-electron chi connectivity index (χ4n) is 2.90. The number of halogens is 1. The summed E-state index contributed by atoms with van der Waals surface area (Å²) in [4.78, 5) is 14.3. The Hall–Kier alpha value is -1.58. The Morgan fingerprint density at radius 1 is 1.05 bits per heavy atom. The lowest BCUT2D eigenvalue weighted by atomic mass is 10.0. The number of aryl methyl sites for hydroxylation is 1. The second-order valence-corrected chi connectivity index (χ2v) is 5.67. The van der Waals surface area contributed by atoms with E-state index in [1.165, 1.54) is 16.3 Å². The summed E-state index contributed by atoms with van der Waals surface area (Å²) >= 11 is 0. The van der Waals surface area contributed by atoms with Gasteiger partial charge in [0, 0.05) is 26.1 Å². The number of fused-ring (bicyclic) bond motifs is 1. The minimum atomic E-state index is 0. The highest BCUT2D eigenvalue weighted by molar-refractivity contribution is 5.85. The Morgan fingerprint density at radius 2 is 1.86 bits per heavy atom. The zero-order valence-corrected chi connectivity index (χ0v) is 13.6. The maximum atomic E-state index is 12.3. The van der Waals surface area contributed by atoms with Gasteiger partial charge >= 0.3 is 0 Å². The number of rotatable bonds is 3. The van der Waals surface area contributed by atoms with Gasteiger partial charge in [-0.1, -0.05) is 42.5 Å². The van der Waals surface area contributed by atoms with Crippen LogP contribution in [0.25, 0.3) is 10.8 Å². The zero-order valence-electron chi connectivity index (χ0n) is 12.8. The third-order valence-electron chi connectivity index (χ3n) is 4.13. The third kappa shape index (κ3) is 4.21. The van der Waals surface area contributed by atoms with Crippen molar-refractivity contribution >= 4 is 29.1 Å². The van der Waals surface area contributed by atoms with Crippen LogP contribution in [0.15, 0.2) is 42.5 Å². The van der Waals surface area contributed by atoms with E-state index in [1.807, 2.05) is 4.90 Å². The second-order valence-electron chi connectivity index (χ2n) is 5.67. The number of hydrogen-bond acceptors (Lipinski definition) is 2. The molecule has 2 aromatic rings. The van der Waals surface area contributed by atoms with Crippen LogP contribution in [0.3, 0.4) is 0 Å². The first kappa shape index (κ1) is 16.8. The first-order valence-electron chi connectivity index (χ1n) is 7.79. The van der Waals surface area contributed by atoms with E-state index >= 15 is 0 Å². The van der Waals surface area contributed by atoms with E-state index < -0.39 is 0 Å². The molecule has 0 unspecified atom stereocenters. The molecule has 0 aliphatic carbocycles. The summed E-state index contributed by atoms with van der Waals surface area (Å²) in [5, 5.41) is 5.84. The van der Waals surface area contributed by atoms with Crippen LogP contribution in [-0.4, -0.2) is 37.0 Å². The van der Waals surface area contributed by atoms with Gasteiger partial charge in [-0.2, -0.15) is 0 Å². The molecule has 0 saturated carbocycles. The number of nitrogens with zero attached hydrogens (tertiary/aromatic N) is 1. The summed E-state index contributed by atoms with van der Waals surface area (Å²) in [5.74, 6) is 0.284. The summed E-state index contributed by atoms with van der Waals surface area (Å²) < 4.78 is 0. The highest BCUT2D eigenvalue weighted by atomic mass is 35.5. The SMILES string of the molecule is Cl.O=C(CCc1ccc2ccccc2c1)N1CCCNCC1. The molecule has 0 radical (unpaired) electrons. The zero-order chi connectivity index (χ0) is 14.5. The van der Waals surface area contributed by atoms with Crippen molar-refractivity contribution in [1.82, 2.24) is 10.2 Å². The normalized spacial score (nSPS) is 15.2. The van der Waals surface area contributed by atoms with Crippen molar-refractivity contribution in [3.05, 3.63) is 48.0 Å². The standard InChI is InChI=1S/C18H22N2O.ClH/c21-18(20-12-3-10-19-11-13-20)9-7-15-6-8-16-4-1-2-5-17(16)14-15;/h1-2,4-6,8,14,19H,3,7,9-13H2;1H. The number of hydrogen-bond donors (Lipinski definition) is 1. The number of benzene rings is 2. The van der Waals surface area contributed by atoms with E-state index in [4.69, 9.17) is 0 Å². The van der Waals surface area contributed by atoms with Crippen LogP contribution in [0, 0.1) is 0 Å². The predicted octanol–water partition coefficient (Wildman–Crippen LogP) is 3.02. The molecule has 3 rings (SSSR count). The summed E-state index contributed by atoms with van der Waals surface area (Å²) in [7, 11) is 0. The smallest absolute Gasteiger partial charge is 0.222 e. The van der Waals surface area contributed by atoms with Crippen LogP contribution in [0.5, 0.6) is 0 Å². The van der Waals surface area contributed by atoms with Crippen LogP contribution in [0.2, 0.25) is 0 Å². The Kier molecular flexibility index (Phi) is 6.22. The van der Waals surface area contributed by atoms with Crippen LogP contribution < -0.4 is 5.32 Å². The van der Waals surface area contributed by atoms with Crippen LogP contribution >= 0.6 is 12.4 Å². The van der Waals surface area contributed by atoms with Gasteiger partial charge in [0.1, 0.15) is 0 Å². The fourth-order valence-corrected chi connectivity index (χ4v) is 2.90. The van der Waals surface area contributed by atoms with Crippen LogP contribution in [0.4, 0.5) is 0 Å². The molecule has 1 saturated heterocycles. The number of nitrogens with one attached hydrogen (secondary N) is 1. The molecule has 1 fully saturated rings. The average molecular weight is 319 g/mol. The Balaban J connectivity index is 0.00000176. The Bertz CT molecular complexity index is 621. The molecule has 0 atom stereocenters. The second kappa shape index (κ2) is 8.16. The molecule has 0 spiro atoms. The van der Waals surface area contributed by atoms with Crippen LogP contribution in [0.1, 0.15) is 18.4 Å². The van der Waals surface area contributed by atoms with Crippen molar-refractivity contribution in [2.24, 2.45) is 0 Å². The largest absolute Gasteiger partial charge is 0.341 e. The summed E-state index contributed by atoms with van der Waals surface area (Å²) in [5.41, 5.74) is 1.25. The first-order chi connectivity index (χ1) is 10.3. The highest BCUT2D eigenvalue weighted by Crippen LogP contribution is 2.17. The molecule has 1 N–H and O–H groups in total. The summed E-state index contributed by atoms with van der Waals surface area (Å²) in [6.07, 6.45) is 2.49. The molecule has 2 aromatic carbocycles. The molecule has 0 bridgehead atoms. The average Bonchev–Trinajstić information content (AvgIpc) is 2.81. The number of carbonyl (C=O) groups excluding carboxylic acids is 1. The van der Waals surface area contributed by atoms with E-state index in [0.29, 0.717) is 6.42 Å². The minimum absolute atomic E-state index is 0. The molecule has 118 valence electrons. The molecule has 1 aliphatic rings. The summed E-state index contributed by atoms with van der Waals surface area (Å²) in [6, 6.07) is 14.8. The predicted molar refractivity (Wildman–Crippen MR) is 93.6 cm³/mol. The molecule has 1 heterocycles. The summed E-state index contributed by atoms with van der Waals surface area (Å²) in [6.45, 7) is 3.68. The number of amides is 1. The Morgan fingerprint density at radius 3 is 2.73 bits per heavy atom. The molecule has 22 heavy (non-hydrogen) atoms. The quantitative estimate of drug-likeness (QED) is 0.943. The number of carbonyl (C=O) groups is 1. The van der Waals surface area contributed by atoms with Gasteiger partial charge in [0.25, 0.3) is 0 Å².